The predicted octanol–water partition coefficient (Wildman–Crippen LogP) is 4.11. The molecule has 8 nitrogen and oxygen atoms in total. The van der Waals surface area contributed by atoms with Gasteiger partial charge in [0.15, 0.2) is 22.5 Å². The van der Waals surface area contributed by atoms with E-state index < -0.39 is 0 Å². The van der Waals surface area contributed by atoms with Gasteiger partial charge >= 0.3 is 0 Å². The minimum absolute atomic E-state index is 0.117. The Kier molecular flexibility index (Phi) is 7.41. The molecule has 0 aliphatic carbocycles. The summed E-state index contributed by atoms with van der Waals surface area (Å²) in [6.07, 6.45) is 0. The first-order valence-corrected chi connectivity index (χ1v) is 10.7. The Bertz CT molecular complexity index is 1040. The van der Waals surface area contributed by atoms with Crippen LogP contribution in [0.5, 0.6) is 17.2 Å². The molecule has 9 heteroatoms. The number of ether oxygens (including phenoxy) is 3. The maximum atomic E-state index is 12.7. The molecule has 1 atom stereocenters. The summed E-state index contributed by atoms with van der Waals surface area (Å²) < 4.78 is 17.8. The van der Waals surface area contributed by atoms with E-state index in [0.29, 0.717) is 34.7 Å². The number of rotatable bonds is 9. The number of carbonyl (C=O) groups is 1. The molecule has 1 aromatic heterocycles. The molecule has 0 aliphatic rings. The van der Waals surface area contributed by atoms with Crippen LogP contribution in [0.3, 0.4) is 0 Å². The summed E-state index contributed by atoms with van der Waals surface area (Å²) in [6.45, 7) is 4.51. The molecule has 0 aliphatic heterocycles. The zero-order valence-corrected chi connectivity index (χ0v) is 19.0. The van der Waals surface area contributed by atoms with Crippen LogP contribution in [0.1, 0.15) is 13.8 Å². The lowest BCUT2D eigenvalue weighted by molar-refractivity contribution is -0.115. The lowest BCUT2D eigenvalue weighted by Crippen LogP contribution is -2.22. The van der Waals surface area contributed by atoms with E-state index in [-0.39, 0.29) is 11.2 Å². The van der Waals surface area contributed by atoms with Crippen LogP contribution in [0.2, 0.25) is 0 Å². The third-order valence-electron chi connectivity index (χ3n) is 4.68. The Balaban J connectivity index is 1.76. The molecule has 0 bridgehead atoms. The van der Waals surface area contributed by atoms with E-state index in [4.69, 9.17) is 14.2 Å². The first-order chi connectivity index (χ1) is 15.0. The van der Waals surface area contributed by atoms with Crippen molar-refractivity contribution in [1.29, 1.82) is 0 Å². The average molecular weight is 443 g/mol. The molecule has 0 radical (unpaired) electrons. The normalized spacial score (nSPS) is 11.6. The fourth-order valence-electron chi connectivity index (χ4n) is 2.98. The summed E-state index contributed by atoms with van der Waals surface area (Å²) in [7, 11) is 4.79. The van der Waals surface area contributed by atoms with Crippen molar-refractivity contribution >= 4 is 23.4 Å². The summed E-state index contributed by atoms with van der Waals surface area (Å²) >= 11 is 1.36. The lowest BCUT2D eigenvalue weighted by Gasteiger charge is -2.13. The second-order valence-corrected chi connectivity index (χ2v) is 7.91. The molecular formula is C22H26N4O4S. The number of hydrogen-bond acceptors (Lipinski definition) is 7. The van der Waals surface area contributed by atoms with Crippen LogP contribution < -0.4 is 19.5 Å². The van der Waals surface area contributed by atoms with Crippen molar-refractivity contribution in [3.8, 4) is 28.6 Å². The van der Waals surface area contributed by atoms with Crippen molar-refractivity contribution in [1.82, 2.24) is 14.8 Å². The Morgan fingerprint density at radius 2 is 1.74 bits per heavy atom. The molecule has 3 rings (SSSR count). The van der Waals surface area contributed by atoms with Crippen LogP contribution >= 0.6 is 11.8 Å². The number of anilines is 1. The summed E-state index contributed by atoms with van der Waals surface area (Å²) in [5.74, 6) is 2.58. The van der Waals surface area contributed by atoms with Crippen molar-refractivity contribution in [2.75, 3.05) is 26.6 Å². The van der Waals surface area contributed by atoms with Crippen LogP contribution in [-0.4, -0.2) is 47.3 Å². The fourth-order valence-corrected chi connectivity index (χ4v) is 3.89. The summed E-state index contributed by atoms with van der Waals surface area (Å²) in [4.78, 5) is 12.7. The van der Waals surface area contributed by atoms with Crippen LogP contribution in [0.25, 0.3) is 11.4 Å². The molecular weight excluding hydrogens is 416 g/mol. The molecule has 0 spiro atoms. The number of aromatic nitrogens is 3. The Labute approximate surface area is 185 Å². The van der Waals surface area contributed by atoms with Gasteiger partial charge < -0.3 is 24.1 Å². The quantitative estimate of drug-likeness (QED) is 0.499. The zero-order chi connectivity index (χ0) is 22.4. The van der Waals surface area contributed by atoms with E-state index >= 15 is 0 Å². The number of nitrogens with zero attached hydrogens (tertiary/aromatic N) is 3. The van der Waals surface area contributed by atoms with Crippen molar-refractivity contribution in [2.45, 2.75) is 30.8 Å². The smallest absolute Gasteiger partial charge is 0.237 e. The van der Waals surface area contributed by atoms with Crippen LogP contribution in [0, 0.1) is 0 Å². The van der Waals surface area contributed by atoms with Gasteiger partial charge in [-0.3, -0.25) is 4.79 Å². The monoisotopic (exact) mass is 442 g/mol. The van der Waals surface area contributed by atoms with Crippen molar-refractivity contribution < 1.29 is 19.0 Å². The second-order valence-electron chi connectivity index (χ2n) is 6.60. The SMILES string of the molecule is CCn1c(S[C@@H](C)C(=O)Nc2ccc(OC)cc2)nnc1-c1ccc(OC)c(OC)c1. The van der Waals surface area contributed by atoms with Gasteiger partial charge in [-0.2, -0.15) is 0 Å². The van der Waals surface area contributed by atoms with E-state index in [1.807, 2.05) is 36.6 Å². The molecule has 0 fully saturated rings. The van der Waals surface area contributed by atoms with E-state index in [2.05, 4.69) is 15.5 Å². The van der Waals surface area contributed by atoms with Gasteiger partial charge in [0.1, 0.15) is 5.75 Å². The van der Waals surface area contributed by atoms with Gasteiger partial charge in [-0.05, 0) is 56.3 Å². The Morgan fingerprint density at radius 1 is 1.03 bits per heavy atom. The third kappa shape index (κ3) is 5.11. The van der Waals surface area contributed by atoms with Crippen LogP contribution in [0.4, 0.5) is 5.69 Å². The van der Waals surface area contributed by atoms with Crippen LogP contribution in [0.15, 0.2) is 47.6 Å². The van der Waals surface area contributed by atoms with Gasteiger partial charge in [-0.25, -0.2) is 0 Å². The third-order valence-corrected chi connectivity index (χ3v) is 5.76. The number of methoxy groups -OCH3 is 3. The summed E-state index contributed by atoms with van der Waals surface area (Å²) in [5, 5.41) is 11.9. The number of hydrogen-bond donors (Lipinski definition) is 1. The molecule has 31 heavy (non-hydrogen) atoms. The van der Waals surface area contributed by atoms with Gasteiger partial charge in [0.2, 0.25) is 5.91 Å². The highest BCUT2D eigenvalue weighted by Gasteiger charge is 2.21. The van der Waals surface area contributed by atoms with E-state index in [9.17, 15) is 4.79 Å². The Hall–Kier alpha value is -3.20. The molecule has 0 saturated carbocycles. The first-order valence-electron chi connectivity index (χ1n) is 9.77. The zero-order valence-electron chi connectivity index (χ0n) is 18.2. The lowest BCUT2D eigenvalue weighted by atomic mass is 10.2. The number of amides is 1. The molecule has 1 amide bonds. The van der Waals surface area contributed by atoms with E-state index in [0.717, 1.165) is 11.3 Å². The van der Waals surface area contributed by atoms with E-state index in [1.165, 1.54) is 11.8 Å². The standard InChI is InChI=1S/C22H26N4O4S/c1-6-26-20(15-7-12-18(29-4)19(13-15)30-5)24-25-22(26)31-14(2)21(27)23-16-8-10-17(28-3)11-9-16/h7-14H,6H2,1-5H3,(H,23,27)/t14-/m0/s1. The number of benzene rings is 2. The minimum Gasteiger partial charge on any atom is -0.497 e. The summed E-state index contributed by atoms with van der Waals surface area (Å²) in [6, 6.07) is 12.8. The highest BCUT2D eigenvalue weighted by molar-refractivity contribution is 8.00. The average Bonchev–Trinajstić information content (AvgIpc) is 3.21. The number of thioether (sulfide) groups is 1. The molecule has 3 aromatic rings. The molecule has 164 valence electrons. The van der Waals surface area contributed by atoms with Gasteiger partial charge in [-0.15, -0.1) is 10.2 Å². The van der Waals surface area contributed by atoms with Crippen molar-refractivity contribution in [3.63, 3.8) is 0 Å². The maximum absolute atomic E-state index is 12.7. The predicted molar refractivity (Wildman–Crippen MR) is 121 cm³/mol. The van der Waals surface area contributed by atoms with Crippen molar-refractivity contribution in [2.24, 2.45) is 0 Å². The Morgan fingerprint density at radius 3 is 2.35 bits per heavy atom. The largest absolute Gasteiger partial charge is 0.497 e. The highest BCUT2D eigenvalue weighted by Crippen LogP contribution is 2.33. The fraction of sp³-hybridized carbons (Fsp3) is 0.318. The summed E-state index contributed by atoms with van der Waals surface area (Å²) in [5.41, 5.74) is 1.57. The first kappa shape index (κ1) is 22.5. The molecule has 0 unspecified atom stereocenters. The second kappa shape index (κ2) is 10.2. The van der Waals surface area contributed by atoms with Gasteiger partial charge in [0.25, 0.3) is 0 Å². The van der Waals surface area contributed by atoms with E-state index in [1.54, 1.807) is 45.6 Å². The minimum atomic E-state index is -0.366. The van der Waals surface area contributed by atoms with Crippen molar-refractivity contribution in [3.05, 3.63) is 42.5 Å². The number of nitrogens with one attached hydrogen (secondary N) is 1. The molecule has 0 saturated heterocycles. The topological polar surface area (TPSA) is 87.5 Å². The molecule has 1 N–H and O–H groups in total. The molecule has 1 heterocycles. The highest BCUT2D eigenvalue weighted by atomic mass is 32.2. The molecule has 2 aromatic carbocycles. The maximum Gasteiger partial charge on any atom is 0.237 e. The number of carbonyl (C=O) groups excluding carboxylic acids is 1. The van der Waals surface area contributed by atoms with Gasteiger partial charge in [0.05, 0.1) is 26.6 Å². The van der Waals surface area contributed by atoms with Crippen LogP contribution in [-0.2, 0) is 11.3 Å². The van der Waals surface area contributed by atoms with Gasteiger partial charge in [-0.1, -0.05) is 11.8 Å². The van der Waals surface area contributed by atoms with Gasteiger partial charge in [0, 0.05) is 17.8 Å².